The van der Waals surface area contributed by atoms with Gasteiger partial charge in [-0.1, -0.05) is 152 Å². The van der Waals surface area contributed by atoms with Crippen molar-refractivity contribution in [3.63, 3.8) is 0 Å². The molecule has 326 valence electrons. The molecule has 62 heavy (non-hydrogen) atoms. The summed E-state index contributed by atoms with van der Waals surface area (Å²) < 4.78 is 72.5. The van der Waals surface area contributed by atoms with Crippen LogP contribution in [0.1, 0.15) is 41.0 Å². The summed E-state index contributed by atoms with van der Waals surface area (Å²) in [5, 5.41) is 0. The fourth-order valence-corrected chi connectivity index (χ4v) is 7.96. The highest BCUT2D eigenvalue weighted by molar-refractivity contribution is 5.65. The van der Waals surface area contributed by atoms with E-state index in [-0.39, 0.29) is 39.6 Å². The lowest BCUT2D eigenvalue weighted by atomic mass is 9.95. The Morgan fingerprint density at radius 3 is 1.50 bits per heavy atom. The highest BCUT2D eigenvalue weighted by atomic mass is 16.8. The topological polar surface area (TPSA) is 119 Å². The molecule has 0 aliphatic carbocycles. The van der Waals surface area contributed by atoms with Gasteiger partial charge in [0.25, 0.3) is 0 Å². The largest absolute Gasteiger partial charge is 0.463 e. The number of methoxy groups -OCH3 is 1. The van der Waals surface area contributed by atoms with Gasteiger partial charge in [0.1, 0.15) is 55.4 Å². The van der Waals surface area contributed by atoms with Crippen LogP contribution in [-0.4, -0.2) is 87.7 Å². The first-order chi connectivity index (χ1) is 30.5. The predicted octanol–water partition coefficient (Wildman–Crippen LogP) is 7.49. The number of carbonyl (C=O) groups excluding carboxylic acids is 1. The summed E-state index contributed by atoms with van der Waals surface area (Å²) in [6.07, 6.45) is -8.98. The number of benzene rings is 5. The summed E-state index contributed by atoms with van der Waals surface area (Å²) in [4.78, 5) is 12.4. The van der Waals surface area contributed by atoms with Gasteiger partial charge in [0.2, 0.25) is 0 Å². The Labute approximate surface area is 362 Å². The van der Waals surface area contributed by atoms with Gasteiger partial charge in [-0.2, -0.15) is 0 Å². The lowest BCUT2D eigenvalue weighted by Crippen LogP contribution is -2.67. The fourth-order valence-electron chi connectivity index (χ4n) is 7.96. The average Bonchev–Trinajstić information content (AvgIpc) is 3.32. The van der Waals surface area contributed by atoms with Gasteiger partial charge in [-0.3, -0.25) is 4.79 Å². The quantitative estimate of drug-likeness (QED) is 0.0814. The van der Waals surface area contributed by atoms with Crippen molar-refractivity contribution in [2.45, 2.75) is 101 Å². The number of carbonyl (C=O) groups is 1. The Balaban J connectivity index is 1.16. The molecule has 0 saturated carbocycles. The van der Waals surface area contributed by atoms with Crippen LogP contribution < -0.4 is 0 Å². The second kappa shape index (κ2) is 22.0. The van der Waals surface area contributed by atoms with Gasteiger partial charge in [-0.15, -0.1) is 0 Å². The minimum absolute atomic E-state index is 0.141. The van der Waals surface area contributed by atoms with E-state index in [1.54, 1.807) is 7.11 Å². The van der Waals surface area contributed by atoms with Crippen LogP contribution in [0.25, 0.3) is 0 Å². The van der Waals surface area contributed by atoms with E-state index in [4.69, 9.17) is 52.1 Å². The minimum atomic E-state index is -1.15. The number of fused-ring (bicyclic) bond motifs is 1. The molecule has 5 aromatic rings. The third-order valence-electron chi connectivity index (χ3n) is 11.1. The molecule has 3 fully saturated rings. The van der Waals surface area contributed by atoms with Crippen LogP contribution in [0.15, 0.2) is 152 Å². The summed E-state index contributed by atoms with van der Waals surface area (Å²) in [6.45, 7) is 2.35. The van der Waals surface area contributed by atoms with Gasteiger partial charge in [0, 0.05) is 19.6 Å². The Morgan fingerprint density at radius 2 is 1.00 bits per heavy atom. The van der Waals surface area contributed by atoms with E-state index in [0.717, 1.165) is 27.8 Å². The standard InChI is InChI=1S/C50H54O12/c1-34(51)53-32-40-42(54-28-35-18-8-3-9-19-35)44(55-29-36-20-10-4-11-21-36)46(57-31-38-24-14-6-15-25-38)50(60-40)62-47-45(56-30-37-22-12-5-13-23-37)43-41(59-49(47)52-2)33-58-48(61-43)39-26-16-7-17-27-39/h3-27,40-50H,28-33H2,1-2H3/t40-,41-,42-,43-,44+,45+,46-,47-,48-,49+,50-/m1/s1. The van der Waals surface area contributed by atoms with Gasteiger partial charge in [0.05, 0.1) is 33.0 Å². The third-order valence-corrected chi connectivity index (χ3v) is 11.1. The van der Waals surface area contributed by atoms with Crippen molar-refractivity contribution < 1.29 is 56.9 Å². The highest BCUT2D eigenvalue weighted by Crippen LogP contribution is 2.39. The van der Waals surface area contributed by atoms with Gasteiger partial charge in [0.15, 0.2) is 18.9 Å². The van der Waals surface area contributed by atoms with Crippen molar-refractivity contribution in [1.29, 1.82) is 0 Å². The summed E-state index contributed by atoms with van der Waals surface area (Å²) in [5.74, 6) is -0.470. The Bertz CT molecular complexity index is 2060. The molecule has 0 amide bonds. The summed E-state index contributed by atoms with van der Waals surface area (Å²) >= 11 is 0. The van der Waals surface area contributed by atoms with Crippen LogP contribution in [0, 0.1) is 0 Å². The van der Waals surface area contributed by atoms with E-state index < -0.39 is 73.7 Å². The second-order valence-corrected chi connectivity index (χ2v) is 15.4. The molecule has 0 spiro atoms. The maximum absolute atomic E-state index is 12.4. The van der Waals surface area contributed by atoms with Crippen molar-refractivity contribution in [2.24, 2.45) is 0 Å². The smallest absolute Gasteiger partial charge is 0.302 e. The summed E-state index contributed by atoms with van der Waals surface area (Å²) in [5.41, 5.74) is 4.64. The highest BCUT2D eigenvalue weighted by Gasteiger charge is 2.56. The van der Waals surface area contributed by atoms with E-state index in [0.29, 0.717) is 0 Å². The van der Waals surface area contributed by atoms with E-state index in [1.807, 2.05) is 152 Å². The monoisotopic (exact) mass is 846 g/mol. The molecule has 12 nitrogen and oxygen atoms in total. The molecule has 12 heteroatoms. The van der Waals surface area contributed by atoms with Crippen LogP contribution in [0.2, 0.25) is 0 Å². The van der Waals surface area contributed by atoms with Crippen LogP contribution in [0.4, 0.5) is 0 Å². The van der Waals surface area contributed by atoms with E-state index in [1.165, 1.54) is 6.92 Å². The van der Waals surface area contributed by atoms with Crippen LogP contribution in [0.5, 0.6) is 0 Å². The lowest BCUT2D eigenvalue weighted by Gasteiger charge is -2.51. The molecule has 5 aromatic carbocycles. The predicted molar refractivity (Wildman–Crippen MR) is 226 cm³/mol. The fraction of sp³-hybridized carbons (Fsp3) is 0.380. The molecule has 8 rings (SSSR count). The zero-order valence-corrected chi connectivity index (χ0v) is 34.9. The normalized spacial score (nSPS) is 28.5. The molecule has 0 unspecified atom stereocenters. The van der Waals surface area contributed by atoms with Crippen molar-refractivity contribution in [2.75, 3.05) is 20.3 Å². The lowest BCUT2D eigenvalue weighted by molar-refractivity contribution is -0.399. The Kier molecular flexibility index (Phi) is 15.5. The number of hydrogen-bond donors (Lipinski definition) is 0. The first kappa shape index (κ1) is 43.8. The first-order valence-electron chi connectivity index (χ1n) is 21.1. The minimum Gasteiger partial charge on any atom is -0.463 e. The number of ether oxygens (including phenoxy) is 11. The van der Waals surface area contributed by atoms with Gasteiger partial charge >= 0.3 is 5.97 Å². The van der Waals surface area contributed by atoms with E-state index in [9.17, 15) is 4.79 Å². The zero-order valence-electron chi connectivity index (χ0n) is 34.9. The Morgan fingerprint density at radius 1 is 0.532 bits per heavy atom. The van der Waals surface area contributed by atoms with Gasteiger partial charge < -0.3 is 52.1 Å². The van der Waals surface area contributed by atoms with Crippen molar-refractivity contribution in [3.8, 4) is 0 Å². The molecular formula is C50H54O12. The van der Waals surface area contributed by atoms with Crippen LogP contribution in [-0.2, 0) is 83.3 Å². The van der Waals surface area contributed by atoms with E-state index >= 15 is 0 Å². The molecule has 3 aliphatic heterocycles. The molecule has 3 aliphatic rings. The number of rotatable bonds is 18. The maximum Gasteiger partial charge on any atom is 0.302 e. The molecular weight excluding hydrogens is 793 g/mol. The molecule has 0 bridgehead atoms. The summed E-state index contributed by atoms with van der Waals surface area (Å²) in [6, 6.07) is 49.2. The zero-order chi connectivity index (χ0) is 42.5. The van der Waals surface area contributed by atoms with Gasteiger partial charge in [-0.25, -0.2) is 0 Å². The summed E-state index contributed by atoms with van der Waals surface area (Å²) in [7, 11) is 1.56. The Hall–Kier alpha value is -4.83. The third kappa shape index (κ3) is 11.4. The van der Waals surface area contributed by atoms with Crippen LogP contribution >= 0.6 is 0 Å². The SMILES string of the molecule is CO[C@H]1O[C@@H]2CO[C@@H](c3ccccc3)O[C@H]2[C@H](OCc2ccccc2)[C@H]1O[C@H]1O[C@H](COC(C)=O)[C@@H](OCc2ccccc2)[C@H](OCc2ccccc2)[C@H]1OCc1ccccc1. The molecule has 0 N–H and O–H groups in total. The van der Waals surface area contributed by atoms with Crippen molar-refractivity contribution in [3.05, 3.63) is 179 Å². The first-order valence-corrected chi connectivity index (χ1v) is 21.1. The molecule has 11 atom stereocenters. The van der Waals surface area contributed by atoms with Gasteiger partial charge in [-0.05, 0) is 22.3 Å². The molecule has 0 aromatic heterocycles. The second-order valence-electron chi connectivity index (χ2n) is 15.4. The molecule has 0 radical (unpaired) electrons. The van der Waals surface area contributed by atoms with E-state index in [2.05, 4.69) is 0 Å². The molecule has 3 saturated heterocycles. The molecule has 3 heterocycles. The number of esters is 1. The average molecular weight is 847 g/mol. The number of hydrogen-bond acceptors (Lipinski definition) is 12. The maximum atomic E-state index is 12.4. The van der Waals surface area contributed by atoms with Crippen molar-refractivity contribution in [1.82, 2.24) is 0 Å². The van der Waals surface area contributed by atoms with Crippen molar-refractivity contribution >= 4 is 5.97 Å². The van der Waals surface area contributed by atoms with Crippen LogP contribution in [0.3, 0.4) is 0 Å².